The van der Waals surface area contributed by atoms with Crippen LogP contribution in [0.5, 0.6) is 0 Å². The first-order valence-corrected chi connectivity index (χ1v) is 11.0. The lowest BCUT2D eigenvalue weighted by atomic mass is 10.2. The molecule has 2 N–H and O–H groups in total. The molecule has 3 rings (SSSR count). The first kappa shape index (κ1) is 18.8. The number of nitrogens with zero attached hydrogens (tertiary/aromatic N) is 2. The number of hydrogen-bond donors (Lipinski definition) is 2. The maximum atomic E-state index is 12.9. The lowest BCUT2D eigenvalue weighted by Crippen LogP contribution is -2.49. The van der Waals surface area contributed by atoms with E-state index in [4.69, 9.17) is 0 Å². The van der Waals surface area contributed by atoms with Gasteiger partial charge in [-0.3, -0.25) is 9.69 Å². The van der Waals surface area contributed by atoms with Crippen molar-refractivity contribution in [3.05, 3.63) is 17.0 Å². The Morgan fingerprint density at radius 1 is 1.32 bits per heavy atom. The number of hydrogen-bond acceptors (Lipinski definition) is 6. The van der Waals surface area contributed by atoms with E-state index in [1.807, 2.05) is 6.07 Å². The smallest absolute Gasteiger partial charge is 0.252 e. The van der Waals surface area contributed by atoms with Crippen molar-refractivity contribution in [1.82, 2.24) is 19.8 Å². The van der Waals surface area contributed by atoms with Crippen LogP contribution in [-0.2, 0) is 21.2 Å². The van der Waals surface area contributed by atoms with E-state index in [9.17, 15) is 13.2 Å². The van der Waals surface area contributed by atoms with Gasteiger partial charge in [0.05, 0.1) is 0 Å². The van der Waals surface area contributed by atoms with E-state index < -0.39 is 10.0 Å². The summed E-state index contributed by atoms with van der Waals surface area (Å²) in [6.07, 6.45) is 1.56. The van der Waals surface area contributed by atoms with Gasteiger partial charge in [-0.1, -0.05) is 0 Å². The van der Waals surface area contributed by atoms with E-state index in [1.165, 1.54) is 18.3 Å². The fourth-order valence-electron chi connectivity index (χ4n) is 3.39. The number of rotatable bonds is 6. The van der Waals surface area contributed by atoms with Crippen molar-refractivity contribution in [1.29, 1.82) is 0 Å². The molecule has 1 amide bonds. The normalized spacial score (nSPS) is 23.0. The highest BCUT2D eigenvalue weighted by Gasteiger charge is 2.36. The lowest BCUT2D eigenvalue weighted by Gasteiger charge is -2.32. The molecule has 2 aliphatic rings. The zero-order valence-corrected chi connectivity index (χ0v) is 16.2. The van der Waals surface area contributed by atoms with Crippen LogP contribution in [0, 0.1) is 0 Å². The van der Waals surface area contributed by atoms with Crippen LogP contribution in [0.4, 0.5) is 0 Å². The molecule has 140 valence electrons. The first-order valence-electron chi connectivity index (χ1n) is 8.75. The Morgan fingerprint density at radius 2 is 2.08 bits per heavy atom. The Kier molecular flexibility index (Phi) is 6.11. The molecule has 0 aliphatic carbocycles. The largest absolute Gasteiger partial charge is 0.356 e. The lowest BCUT2D eigenvalue weighted by molar-refractivity contribution is -0.118. The zero-order chi connectivity index (χ0) is 17.9. The van der Waals surface area contributed by atoms with E-state index >= 15 is 0 Å². The summed E-state index contributed by atoms with van der Waals surface area (Å²) in [4.78, 5) is 14.3. The Bertz CT molecular complexity index is 698. The van der Waals surface area contributed by atoms with Gasteiger partial charge in [0, 0.05) is 63.7 Å². The van der Waals surface area contributed by atoms with Crippen LogP contribution in [0.1, 0.15) is 18.2 Å². The SMILES string of the molecule is CC(=O)NCCc1ccc(S(=O)(=O)N2CCC(N3CCNCC3)C2)s1. The van der Waals surface area contributed by atoms with Crippen molar-refractivity contribution in [2.75, 3.05) is 45.8 Å². The summed E-state index contributed by atoms with van der Waals surface area (Å²) >= 11 is 1.31. The van der Waals surface area contributed by atoms with Crippen LogP contribution in [0.15, 0.2) is 16.3 Å². The summed E-state index contributed by atoms with van der Waals surface area (Å²) in [5, 5.41) is 6.07. The molecule has 25 heavy (non-hydrogen) atoms. The van der Waals surface area contributed by atoms with Gasteiger partial charge >= 0.3 is 0 Å². The predicted molar refractivity (Wildman–Crippen MR) is 98.3 cm³/mol. The van der Waals surface area contributed by atoms with Crippen LogP contribution in [-0.4, -0.2) is 75.4 Å². The summed E-state index contributed by atoms with van der Waals surface area (Å²) < 4.78 is 27.8. The molecule has 1 atom stereocenters. The molecule has 3 heterocycles. The molecule has 7 nitrogen and oxygen atoms in total. The van der Waals surface area contributed by atoms with Crippen LogP contribution in [0.3, 0.4) is 0 Å². The van der Waals surface area contributed by atoms with Crippen LogP contribution < -0.4 is 10.6 Å². The van der Waals surface area contributed by atoms with E-state index in [2.05, 4.69) is 15.5 Å². The summed E-state index contributed by atoms with van der Waals surface area (Å²) in [6, 6.07) is 3.88. The molecular formula is C16H26N4O3S2. The standard InChI is InChI=1S/C16H26N4O3S2/c1-13(21)18-6-4-15-2-3-16(24-15)25(22,23)20-9-5-14(12-20)19-10-7-17-8-11-19/h2-3,14,17H,4-12H2,1H3,(H,18,21). The van der Waals surface area contributed by atoms with E-state index in [0.717, 1.165) is 37.5 Å². The second-order valence-corrected chi connectivity index (χ2v) is 9.88. The monoisotopic (exact) mass is 386 g/mol. The summed E-state index contributed by atoms with van der Waals surface area (Å²) in [6.45, 7) is 7.13. The summed E-state index contributed by atoms with van der Waals surface area (Å²) in [7, 11) is -3.41. The highest BCUT2D eigenvalue weighted by Crippen LogP contribution is 2.28. The Labute approximate surface area is 153 Å². The number of nitrogens with one attached hydrogen (secondary N) is 2. The van der Waals surface area contributed by atoms with E-state index in [0.29, 0.717) is 36.3 Å². The molecule has 0 aromatic carbocycles. The third-order valence-corrected chi connectivity index (χ3v) is 8.25. The molecule has 2 aliphatic heterocycles. The minimum absolute atomic E-state index is 0.0691. The third kappa shape index (κ3) is 4.59. The molecule has 2 saturated heterocycles. The molecule has 0 spiro atoms. The topological polar surface area (TPSA) is 81.8 Å². The average molecular weight is 387 g/mol. The number of carbonyl (C=O) groups excluding carboxylic acids is 1. The van der Waals surface area contributed by atoms with Gasteiger partial charge in [0.1, 0.15) is 4.21 Å². The van der Waals surface area contributed by atoms with E-state index in [-0.39, 0.29) is 5.91 Å². The molecule has 0 bridgehead atoms. The van der Waals surface area contributed by atoms with Crippen LogP contribution in [0.25, 0.3) is 0 Å². The fourth-order valence-corrected chi connectivity index (χ4v) is 6.40. The van der Waals surface area contributed by atoms with Crippen molar-refractivity contribution < 1.29 is 13.2 Å². The number of amides is 1. The van der Waals surface area contributed by atoms with Crippen molar-refractivity contribution in [2.24, 2.45) is 0 Å². The number of thiophene rings is 1. The second kappa shape index (κ2) is 8.13. The Morgan fingerprint density at radius 3 is 2.80 bits per heavy atom. The zero-order valence-electron chi connectivity index (χ0n) is 14.5. The maximum absolute atomic E-state index is 12.9. The highest BCUT2D eigenvalue weighted by molar-refractivity contribution is 7.91. The van der Waals surface area contributed by atoms with Gasteiger partial charge in [-0.2, -0.15) is 4.31 Å². The van der Waals surface area contributed by atoms with Gasteiger partial charge in [-0.25, -0.2) is 8.42 Å². The molecule has 1 aromatic heterocycles. The number of carbonyl (C=O) groups is 1. The molecule has 1 aromatic rings. The average Bonchev–Trinajstić information content (AvgIpc) is 3.25. The van der Waals surface area contributed by atoms with Gasteiger partial charge in [0.25, 0.3) is 10.0 Å². The molecule has 2 fully saturated rings. The molecule has 0 radical (unpaired) electrons. The molecule has 1 unspecified atom stereocenters. The van der Waals surface area contributed by atoms with Crippen LogP contribution >= 0.6 is 11.3 Å². The first-order chi connectivity index (χ1) is 12.0. The van der Waals surface area contributed by atoms with Crippen molar-refractivity contribution in [2.45, 2.75) is 30.0 Å². The quantitative estimate of drug-likeness (QED) is 0.724. The Balaban J connectivity index is 1.60. The van der Waals surface area contributed by atoms with Gasteiger partial charge in [0.2, 0.25) is 5.91 Å². The number of piperazine rings is 1. The van der Waals surface area contributed by atoms with Crippen molar-refractivity contribution >= 4 is 27.3 Å². The minimum atomic E-state index is -3.41. The third-order valence-electron chi connectivity index (χ3n) is 4.77. The maximum Gasteiger partial charge on any atom is 0.252 e. The predicted octanol–water partition coefficient (Wildman–Crippen LogP) is 0.0949. The fraction of sp³-hybridized carbons (Fsp3) is 0.688. The van der Waals surface area contributed by atoms with Crippen LogP contribution in [0.2, 0.25) is 0 Å². The van der Waals surface area contributed by atoms with Gasteiger partial charge in [-0.05, 0) is 25.0 Å². The van der Waals surface area contributed by atoms with Gasteiger partial charge in [0.15, 0.2) is 0 Å². The van der Waals surface area contributed by atoms with Gasteiger partial charge in [-0.15, -0.1) is 11.3 Å². The molecular weight excluding hydrogens is 360 g/mol. The van der Waals surface area contributed by atoms with Gasteiger partial charge < -0.3 is 10.6 Å². The number of sulfonamides is 1. The second-order valence-electron chi connectivity index (χ2n) is 6.55. The molecule has 0 saturated carbocycles. The molecule has 9 heteroatoms. The minimum Gasteiger partial charge on any atom is -0.356 e. The Hall–Kier alpha value is -1.00. The summed E-state index contributed by atoms with van der Waals surface area (Å²) in [5.41, 5.74) is 0. The van der Waals surface area contributed by atoms with E-state index in [1.54, 1.807) is 10.4 Å². The highest BCUT2D eigenvalue weighted by atomic mass is 32.2. The summed E-state index contributed by atoms with van der Waals surface area (Å²) in [5.74, 6) is -0.0691. The van der Waals surface area contributed by atoms with Crippen molar-refractivity contribution in [3.8, 4) is 0 Å². The van der Waals surface area contributed by atoms with Crippen molar-refractivity contribution in [3.63, 3.8) is 0 Å².